The van der Waals surface area contributed by atoms with E-state index in [0.29, 0.717) is 18.5 Å². The van der Waals surface area contributed by atoms with Crippen molar-refractivity contribution in [2.24, 2.45) is 11.8 Å². The van der Waals surface area contributed by atoms with E-state index in [9.17, 15) is 14.0 Å². The maximum atomic E-state index is 13.1. The molecule has 3 rings (SSSR count). The summed E-state index contributed by atoms with van der Waals surface area (Å²) in [6, 6.07) is 4.88. The Labute approximate surface area is 163 Å². The minimum Gasteiger partial charge on any atom is -0.350 e. The van der Waals surface area contributed by atoms with Crippen molar-refractivity contribution >= 4 is 11.8 Å². The smallest absolute Gasteiger partial charge is 0.316 e. The fraction of sp³-hybridized carbons (Fsp3) is 0.500. The van der Waals surface area contributed by atoms with E-state index in [1.54, 1.807) is 0 Å². The van der Waals surface area contributed by atoms with E-state index in [0.717, 1.165) is 0 Å². The van der Waals surface area contributed by atoms with Gasteiger partial charge < -0.3 is 14.7 Å². The second-order valence-corrected chi connectivity index (χ2v) is 7.89. The Hall–Kier alpha value is -2.77. The van der Waals surface area contributed by atoms with Gasteiger partial charge in [-0.3, -0.25) is 9.59 Å². The average molecular weight is 388 g/mol. The van der Waals surface area contributed by atoms with Gasteiger partial charge in [0, 0.05) is 18.2 Å². The maximum Gasteiger partial charge on any atom is 0.316 e. The third-order valence-electron chi connectivity index (χ3n) is 4.87. The van der Waals surface area contributed by atoms with E-state index in [1.807, 2.05) is 27.7 Å². The van der Waals surface area contributed by atoms with Gasteiger partial charge >= 0.3 is 11.8 Å². The monoisotopic (exact) mass is 388 g/mol. The Morgan fingerprint density at radius 1 is 1.29 bits per heavy atom. The molecule has 1 fully saturated rings. The molecule has 2 heterocycles. The van der Waals surface area contributed by atoms with Crippen LogP contribution in [0.15, 0.2) is 28.8 Å². The molecule has 1 aromatic carbocycles. The number of carbonyl (C=O) groups excluding carboxylic acids is 2. The largest absolute Gasteiger partial charge is 0.350 e. The van der Waals surface area contributed by atoms with E-state index in [1.165, 1.54) is 29.2 Å². The molecule has 1 aliphatic rings. The highest BCUT2D eigenvalue weighted by atomic mass is 19.1. The summed E-state index contributed by atoms with van der Waals surface area (Å²) in [6.07, 6.45) is 0.543. The first-order chi connectivity index (χ1) is 13.3. The van der Waals surface area contributed by atoms with Crippen LogP contribution in [0, 0.1) is 17.7 Å². The van der Waals surface area contributed by atoms with E-state index in [-0.39, 0.29) is 41.3 Å². The van der Waals surface area contributed by atoms with Crippen molar-refractivity contribution < 1.29 is 18.5 Å². The highest BCUT2D eigenvalue weighted by Gasteiger charge is 2.40. The summed E-state index contributed by atoms with van der Waals surface area (Å²) in [7, 11) is 0. The molecule has 2 atom stereocenters. The molecule has 1 N–H and O–H groups in total. The van der Waals surface area contributed by atoms with E-state index >= 15 is 0 Å². The zero-order valence-electron chi connectivity index (χ0n) is 16.5. The van der Waals surface area contributed by atoms with Gasteiger partial charge in [-0.25, -0.2) is 4.39 Å². The third-order valence-corrected chi connectivity index (χ3v) is 4.87. The van der Waals surface area contributed by atoms with Crippen LogP contribution in [-0.4, -0.2) is 45.5 Å². The summed E-state index contributed by atoms with van der Waals surface area (Å²) in [4.78, 5) is 31.4. The number of nitrogens with one attached hydrogen (secondary N) is 1. The van der Waals surface area contributed by atoms with Crippen LogP contribution in [0.1, 0.15) is 44.8 Å². The normalized spacial score (nSPS) is 20.0. The Morgan fingerprint density at radius 2 is 1.96 bits per heavy atom. The second-order valence-electron chi connectivity index (χ2n) is 7.89. The van der Waals surface area contributed by atoms with E-state index < -0.39 is 11.9 Å². The van der Waals surface area contributed by atoms with Crippen LogP contribution >= 0.6 is 0 Å². The first-order valence-corrected chi connectivity index (χ1v) is 9.47. The number of aromatic nitrogens is 2. The van der Waals surface area contributed by atoms with Crippen LogP contribution in [0.25, 0.3) is 11.4 Å². The highest BCUT2D eigenvalue weighted by molar-refractivity contribution is 5.95. The van der Waals surface area contributed by atoms with Gasteiger partial charge in [0.15, 0.2) is 0 Å². The minimum atomic E-state index is -0.580. The van der Waals surface area contributed by atoms with E-state index in [2.05, 4.69) is 15.5 Å². The second kappa shape index (κ2) is 8.08. The fourth-order valence-electron chi connectivity index (χ4n) is 3.24. The van der Waals surface area contributed by atoms with Crippen molar-refractivity contribution in [1.29, 1.82) is 0 Å². The molecular formula is C20H25FN4O3. The van der Waals surface area contributed by atoms with Crippen molar-refractivity contribution in [1.82, 2.24) is 20.4 Å². The summed E-state index contributed by atoms with van der Waals surface area (Å²) in [5.74, 6) is -0.567. The summed E-state index contributed by atoms with van der Waals surface area (Å²) < 4.78 is 18.3. The molecule has 2 unspecified atom stereocenters. The lowest BCUT2D eigenvalue weighted by atomic mass is 9.94. The average Bonchev–Trinajstić information content (AvgIpc) is 3.13. The molecule has 28 heavy (non-hydrogen) atoms. The maximum absolute atomic E-state index is 13.1. The zero-order valence-corrected chi connectivity index (χ0v) is 16.5. The zero-order chi connectivity index (χ0) is 20.4. The molecular weight excluding hydrogens is 363 g/mol. The Bertz CT molecular complexity index is 847. The first-order valence-electron chi connectivity index (χ1n) is 9.47. The predicted octanol–water partition coefficient (Wildman–Crippen LogP) is 2.89. The number of nitrogens with zero attached hydrogens (tertiary/aromatic N) is 3. The molecule has 7 nitrogen and oxygen atoms in total. The lowest BCUT2D eigenvalue weighted by Crippen LogP contribution is -2.63. The molecule has 150 valence electrons. The van der Waals surface area contributed by atoms with Crippen molar-refractivity contribution in [3.8, 4) is 11.4 Å². The van der Waals surface area contributed by atoms with Crippen LogP contribution < -0.4 is 5.32 Å². The van der Waals surface area contributed by atoms with Crippen LogP contribution in [0.3, 0.4) is 0 Å². The lowest BCUT2D eigenvalue weighted by Gasteiger charge is -2.40. The molecule has 8 heteroatoms. The molecule has 1 aromatic heterocycles. The standard InChI is InChI=1S/C20H25FN4O3/c1-11(2)9-16-18(26)22-15(12(3)4)10-25(16)20(27)19-23-17(24-28-19)13-5-7-14(21)8-6-13/h5-8,11-12,15-16H,9-10H2,1-4H3,(H,22,26). The van der Waals surface area contributed by atoms with Crippen LogP contribution in [0.5, 0.6) is 0 Å². The molecule has 0 radical (unpaired) electrons. The van der Waals surface area contributed by atoms with Gasteiger partial charge in [0.05, 0.1) is 0 Å². The molecule has 2 aromatic rings. The Balaban J connectivity index is 1.87. The van der Waals surface area contributed by atoms with E-state index in [4.69, 9.17) is 4.52 Å². The number of halogens is 1. The SMILES string of the molecule is CC(C)CC1C(=O)NC(C(C)C)CN1C(=O)c1nc(-c2ccc(F)cc2)no1. The number of rotatable bonds is 5. The highest BCUT2D eigenvalue weighted by Crippen LogP contribution is 2.23. The lowest BCUT2D eigenvalue weighted by molar-refractivity contribution is -0.130. The predicted molar refractivity (Wildman–Crippen MR) is 101 cm³/mol. The van der Waals surface area contributed by atoms with Crippen LogP contribution in [-0.2, 0) is 4.79 Å². The fourth-order valence-corrected chi connectivity index (χ4v) is 3.24. The van der Waals surface area contributed by atoms with Crippen molar-refractivity contribution in [2.45, 2.75) is 46.2 Å². The number of hydrogen-bond acceptors (Lipinski definition) is 5. The van der Waals surface area contributed by atoms with Gasteiger partial charge in [0.25, 0.3) is 0 Å². The van der Waals surface area contributed by atoms with Gasteiger partial charge in [-0.15, -0.1) is 0 Å². The van der Waals surface area contributed by atoms with Crippen molar-refractivity contribution in [3.05, 3.63) is 36.0 Å². The van der Waals surface area contributed by atoms with Crippen LogP contribution in [0.2, 0.25) is 0 Å². The topological polar surface area (TPSA) is 88.3 Å². The molecule has 0 aliphatic carbocycles. The van der Waals surface area contributed by atoms with Gasteiger partial charge in [0.1, 0.15) is 11.9 Å². The molecule has 0 saturated carbocycles. The Morgan fingerprint density at radius 3 is 2.57 bits per heavy atom. The molecule has 1 aliphatic heterocycles. The molecule has 0 bridgehead atoms. The van der Waals surface area contributed by atoms with Gasteiger partial charge in [-0.2, -0.15) is 4.98 Å². The summed E-state index contributed by atoms with van der Waals surface area (Å²) in [6.45, 7) is 8.38. The van der Waals surface area contributed by atoms with Crippen molar-refractivity contribution in [3.63, 3.8) is 0 Å². The summed E-state index contributed by atoms with van der Waals surface area (Å²) >= 11 is 0. The third kappa shape index (κ3) is 4.21. The molecule has 2 amide bonds. The van der Waals surface area contributed by atoms with Gasteiger partial charge in [0.2, 0.25) is 11.7 Å². The number of amides is 2. The van der Waals surface area contributed by atoms with Gasteiger partial charge in [-0.1, -0.05) is 32.9 Å². The Kier molecular flexibility index (Phi) is 5.76. The van der Waals surface area contributed by atoms with Gasteiger partial charge in [-0.05, 0) is 42.5 Å². The first kappa shape index (κ1) is 20.0. The summed E-state index contributed by atoms with van der Waals surface area (Å²) in [5.41, 5.74) is 0.541. The number of piperazine rings is 1. The number of benzene rings is 1. The number of carbonyl (C=O) groups is 2. The molecule has 0 spiro atoms. The minimum absolute atomic E-state index is 0.139. The van der Waals surface area contributed by atoms with Crippen molar-refractivity contribution in [2.75, 3.05) is 6.54 Å². The summed E-state index contributed by atoms with van der Waals surface area (Å²) in [5, 5.41) is 6.84. The quantitative estimate of drug-likeness (QED) is 0.851. The molecule has 1 saturated heterocycles. The number of hydrogen-bond donors (Lipinski definition) is 1. The van der Waals surface area contributed by atoms with Crippen LogP contribution in [0.4, 0.5) is 4.39 Å².